The summed E-state index contributed by atoms with van der Waals surface area (Å²) in [6.07, 6.45) is 0.207. The lowest BCUT2D eigenvalue weighted by atomic mass is 10.1. The summed E-state index contributed by atoms with van der Waals surface area (Å²) in [4.78, 5) is 27.3. The van der Waals surface area contributed by atoms with Crippen LogP contribution in [0.25, 0.3) is 11.3 Å². The van der Waals surface area contributed by atoms with Gasteiger partial charge >= 0.3 is 0 Å². The van der Waals surface area contributed by atoms with E-state index < -0.39 is 0 Å². The first-order chi connectivity index (χ1) is 15.9. The van der Waals surface area contributed by atoms with E-state index in [9.17, 15) is 9.59 Å². The van der Waals surface area contributed by atoms with E-state index in [1.54, 1.807) is 18.1 Å². The zero-order chi connectivity index (χ0) is 23.8. The molecule has 0 aliphatic rings. The maximum absolute atomic E-state index is 13.1. The van der Waals surface area contributed by atoms with Gasteiger partial charge in [-0.25, -0.2) is 0 Å². The third-order valence-corrected chi connectivity index (χ3v) is 5.26. The molecule has 3 rings (SSSR count). The topological polar surface area (TPSA) is 84.7 Å². The second kappa shape index (κ2) is 11.3. The molecule has 2 amide bonds. The minimum atomic E-state index is -0.254. The predicted molar refractivity (Wildman–Crippen MR) is 127 cm³/mol. The quantitative estimate of drug-likeness (QED) is 0.484. The zero-order valence-electron chi connectivity index (χ0n) is 19.6. The van der Waals surface area contributed by atoms with Crippen molar-refractivity contribution in [3.05, 3.63) is 71.9 Å². The first kappa shape index (κ1) is 24.0. The van der Waals surface area contributed by atoms with Crippen LogP contribution in [0.4, 0.5) is 0 Å². The maximum atomic E-state index is 13.1. The number of carbonyl (C=O) groups is 2. The lowest BCUT2D eigenvalue weighted by Gasteiger charge is -2.24. The summed E-state index contributed by atoms with van der Waals surface area (Å²) in [5.41, 5.74) is 2.06. The SMILES string of the molecule is COc1ccc(-c2cc(C(=O)N(CCC(=O)NC(C)c3ccccc3)CC(C)C)no2)cc1. The van der Waals surface area contributed by atoms with Gasteiger partial charge in [0, 0.05) is 31.1 Å². The number of hydrogen-bond donors (Lipinski definition) is 1. The Labute approximate surface area is 194 Å². The van der Waals surface area contributed by atoms with Crippen LogP contribution < -0.4 is 10.1 Å². The Morgan fingerprint density at radius 2 is 1.76 bits per heavy atom. The number of nitrogens with one attached hydrogen (secondary N) is 1. The summed E-state index contributed by atoms with van der Waals surface area (Å²) < 4.78 is 10.6. The van der Waals surface area contributed by atoms with Crippen molar-refractivity contribution < 1.29 is 18.8 Å². The molecule has 0 radical (unpaired) electrons. The van der Waals surface area contributed by atoms with Gasteiger partial charge in [-0.05, 0) is 42.7 Å². The fourth-order valence-corrected chi connectivity index (χ4v) is 3.52. The van der Waals surface area contributed by atoms with Gasteiger partial charge in [0.05, 0.1) is 13.2 Å². The van der Waals surface area contributed by atoms with Gasteiger partial charge in [-0.1, -0.05) is 49.3 Å². The monoisotopic (exact) mass is 449 g/mol. The molecule has 174 valence electrons. The second-order valence-electron chi connectivity index (χ2n) is 8.40. The van der Waals surface area contributed by atoms with Crippen molar-refractivity contribution in [2.75, 3.05) is 20.2 Å². The highest BCUT2D eigenvalue weighted by molar-refractivity contribution is 5.93. The molecule has 3 aromatic rings. The third kappa shape index (κ3) is 6.68. The lowest BCUT2D eigenvalue weighted by molar-refractivity contribution is -0.121. The number of nitrogens with zero attached hydrogens (tertiary/aromatic N) is 2. The average molecular weight is 450 g/mol. The van der Waals surface area contributed by atoms with Gasteiger partial charge in [0.2, 0.25) is 5.91 Å². The molecule has 1 unspecified atom stereocenters. The van der Waals surface area contributed by atoms with Crippen LogP contribution in [0.2, 0.25) is 0 Å². The molecule has 0 fully saturated rings. The maximum Gasteiger partial charge on any atom is 0.276 e. The summed E-state index contributed by atoms with van der Waals surface area (Å²) in [7, 11) is 1.60. The molecule has 7 nitrogen and oxygen atoms in total. The fraction of sp³-hybridized carbons (Fsp3) is 0.346. The van der Waals surface area contributed by atoms with Gasteiger partial charge in [0.25, 0.3) is 5.91 Å². The Balaban J connectivity index is 1.63. The summed E-state index contributed by atoms with van der Waals surface area (Å²) in [6.45, 7) is 6.83. The highest BCUT2D eigenvalue weighted by atomic mass is 16.5. The molecule has 0 saturated carbocycles. The van der Waals surface area contributed by atoms with Crippen LogP contribution in [-0.4, -0.2) is 42.1 Å². The highest BCUT2D eigenvalue weighted by Gasteiger charge is 2.22. The summed E-state index contributed by atoms with van der Waals surface area (Å²) in [5.74, 6) is 1.12. The van der Waals surface area contributed by atoms with Crippen LogP contribution in [0.5, 0.6) is 5.75 Å². The van der Waals surface area contributed by atoms with E-state index in [4.69, 9.17) is 9.26 Å². The van der Waals surface area contributed by atoms with Crippen LogP contribution in [0.15, 0.2) is 65.2 Å². The normalized spacial score (nSPS) is 11.8. The smallest absolute Gasteiger partial charge is 0.276 e. The second-order valence-corrected chi connectivity index (χ2v) is 8.40. The van der Waals surface area contributed by atoms with Crippen molar-refractivity contribution in [1.82, 2.24) is 15.4 Å². The number of ether oxygens (including phenoxy) is 1. The van der Waals surface area contributed by atoms with Crippen LogP contribution in [0, 0.1) is 5.92 Å². The van der Waals surface area contributed by atoms with Crippen LogP contribution in [0.1, 0.15) is 49.3 Å². The summed E-state index contributed by atoms with van der Waals surface area (Å²) >= 11 is 0. The number of carbonyl (C=O) groups excluding carboxylic acids is 2. The van der Waals surface area contributed by atoms with Crippen LogP contribution in [0.3, 0.4) is 0 Å². The van der Waals surface area contributed by atoms with E-state index >= 15 is 0 Å². The molecule has 0 spiro atoms. The molecule has 0 saturated heterocycles. The van der Waals surface area contributed by atoms with Gasteiger partial charge in [-0.2, -0.15) is 0 Å². The lowest BCUT2D eigenvalue weighted by Crippen LogP contribution is -2.38. The molecule has 0 bridgehead atoms. The van der Waals surface area contributed by atoms with E-state index in [0.717, 1.165) is 16.9 Å². The van der Waals surface area contributed by atoms with E-state index in [1.165, 1.54) is 0 Å². The van der Waals surface area contributed by atoms with Gasteiger partial charge < -0.3 is 19.5 Å². The number of methoxy groups -OCH3 is 1. The predicted octanol–water partition coefficient (Wildman–Crippen LogP) is 4.72. The van der Waals surface area contributed by atoms with Crippen LogP contribution in [-0.2, 0) is 4.79 Å². The molecule has 33 heavy (non-hydrogen) atoms. The molecule has 0 aliphatic heterocycles. The molecular weight excluding hydrogens is 418 g/mol. The van der Waals surface area contributed by atoms with E-state index in [1.807, 2.05) is 75.4 Å². The number of benzene rings is 2. The Hall–Kier alpha value is -3.61. The van der Waals surface area contributed by atoms with E-state index in [-0.39, 0.29) is 35.9 Å². The Kier molecular flexibility index (Phi) is 8.24. The van der Waals surface area contributed by atoms with Gasteiger partial charge in [-0.15, -0.1) is 0 Å². The Morgan fingerprint density at radius 1 is 1.06 bits per heavy atom. The molecule has 1 N–H and O–H groups in total. The van der Waals surface area contributed by atoms with Crippen molar-refractivity contribution in [3.63, 3.8) is 0 Å². The standard InChI is InChI=1S/C26H31N3O4/c1-18(2)17-29(15-14-25(30)27-19(3)20-8-6-5-7-9-20)26(31)23-16-24(33-28-23)21-10-12-22(32-4)13-11-21/h5-13,16,18-19H,14-15,17H2,1-4H3,(H,27,30). The number of aromatic nitrogens is 1. The van der Waals surface area contributed by atoms with Gasteiger partial charge in [-0.3, -0.25) is 9.59 Å². The van der Waals surface area contributed by atoms with Gasteiger partial charge in [0.1, 0.15) is 5.75 Å². The minimum absolute atomic E-state index is 0.101. The molecule has 1 heterocycles. The van der Waals surface area contributed by atoms with Crippen molar-refractivity contribution in [2.24, 2.45) is 5.92 Å². The first-order valence-corrected chi connectivity index (χ1v) is 11.1. The Morgan fingerprint density at radius 3 is 2.39 bits per heavy atom. The first-order valence-electron chi connectivity index (χ1n) is 11.1. The molecule has 0 aliphatic carbocycles. The minimum Gasteiger partial charge on any atom is -0.497 e. The zero-order valence-corrected chi connectivity index (χ0v) is 19.6. The molecule has 7 heteroatoms. The largest absolute Gasteiger partial charge is 0.497 e. The molecule has 1 atom stereocenters. The average Bonchev–Trinajstić information content (AvgIpc) is 3.32. The van der Waals surface area contributed by atoms with Crippen molar-refractivity contribution in [2.45, 2.75) is 33.2 Å². The van der Waals surface area contributed by atoms with Crippen LogP contribution >= 0.6 is 0 Å². The van der Waals surface area contributed by atoms with Crippen molar-refractivity contribution in [1.29, 1.82) is 0 Å². The third-order valence-electron chi connectivity index (χ3n) is 5.26. The molecule has 1 aromatic heterocycles. The number of rotatable bonds is 10. The molecule has 2 aromatic carbocycles. The van der Waals surface area contributed by atoms with Crippen molar-refractivity contribution >= 4 is 11.8 Å². The van der Waals surface area contributed by atoms with Gasteiger partial charge in [0.15, 0.2) is 11.5 Å². The fourth-order valence-electron chi connectivity index (χ4n) is 3.52. The molecular formula is C26H31N3O4. The van der Waals surface area contributed by atoms with Crippen molar-refractivity contribution in [3.8, 4) is 17.1 Å². The van der Waals surface area contributed by atoms with E-state index in [2.05, 4.69) is 10.5 Å². The summed E-state index contributed by atoms with van der Waals surface area (Å²) in [5, 5.41) is 6.98. The Bertz CT molecular complexity index is 1040. The van der Waals surface area contributed by atoms with E-state index in [0.29, 0.717) is 18.8 Å². The number of hydrogen-bond acceptors (Lipinski definition) is 5. The summed E-state index contributed by atoms with van der Waals surface area (Å²) in [6, 6.07) is 18.6. The number of amides is 2. The highest BCUT2D eigenvalue weighted by Crippen LogP contribution is 2.24.